The largest absolute Gasteiger partial charge is 0.497 e. The number of hydrogen-bond acceptors (Lipinski definition) is 5. The molecule has 0 atom stereocenters. The molecule has 7 heteroatoms. The van der Waals surface area contributed by atoms with Crippen LogP contribution in [0, 0.1) is 3.57 Å². The Morgan fingerprint density at radius 1 is 1.20 bits per heavy atom. The predicted octanol–water partition coefficient (Wildman–Crippen LogP) is 4.79. The van der Waals surface area contributed by atoms with Gasteiger partial charge in [-0.1, -0.05) is 0 Å². The van der Waals surface area contributed by atoms with Crippen LogP contribution in [0.15, 0.2) is 48.5 Å². The average Bonchev–Trinajstić information content (AvgIpc) is 2.98. The number of methoxy groups -OCH3 is 1. The minimum absolute atomic E-state index is 0.0621. The van der Waals surface area contributed by atoms with E-state index in [-0.39, 0.29) is 6.42 Å². The lowest BCUT2D eigenvalue weighted by molar-refractivity contribution is -0.136. The number of thiazole rings is 1. The number of carbonyl (C=O) groups is 1. The zero-order valence-corrected chi connectivity index (χ0v) is 16.3. The number of rotatable bonds is 6. The number of halogens is 1. The lowest BCUT2D eigenvalue weighted by Crippen LogP contribution is -1.99. The molecule has 2 aromatic carbocycles. The van der Waals surface area contributed by atoms with Crippen molar-refractivity contribution in [1.82, 2.24) is 4.98 Å². The molecule has 0 radical (unpaired) electrons. The minimum atomic E-state index is -0.876. The lowest BCUT2D eigenvalue weighted by Gasteiger charge is -2.03. The molecule has 3 aromatic rings. The summed E-state index contributed by atoms with van der Waals surface area (Å²) in [5.41, 5.74) is 2.46. The fourth-order valence-corrected chi connectivity index (χ4v) is 3.65. The third kappa shape index (κ3) is 4.49. The number of anilines is 2. The third-order valence-corrected chi connectivity index (χ3v) is 5.16. The number of nitrogens with zero attached hydrogens (tertiary/aromatic N) is 1. The van der Waals surface area contributed by atoms with Gasteiger partial charge in [-0.25, -0.2) is 4.98 Å². The van der Waals surface area contributed by atoms with Gasteiger partial charge in [-0.3, -0.25) is 4.79 Å². The summed E-state index contributed by atoms with van der Waals surface area (Å²) >= 11 is 3.60. The maximum Gasteiger partial charge on any atom is 0.308 e. The summed E-state index contributed by atoms with van der Waals surface area (Å²) in [5, 5.41) is 13.1. The lowest BCUT2D eigenvalue weighted by atomic mass is 10.1. The molecule has 128 valence electrons. The summed E-state index contributed by atoms with van der Waals surface area (Å²) in [7, 11) is 1.61. The number of carboxylic acids is 1. The first-order valence-corrected chi connectivity index (χ1v) is 9.33. The van der Waals surface area contributed by atoms with E-state index < -0.39 is 5.97 Å². The van der Waals surface area contributed by atoms with Gasteiger partial charge in [0.05, 0.1) is 19.2 Å². The zero-order chi connectivity index (χ0) is 17.8. The van der Waals surface area contributed by atoms with Crippen molar-refractivity contribution in [2.24, 2.45) is 0 Å². The highest BCUT2D eigenvalue weighted by molar-refractivity contribution is 14.1. The summed E-state index contributed by atoms with van der Waals surface area (Å²) in [5.74, 6) is -0.129. The van der Waals surface area contributed by atoms with Crippen LogP contribution in [0.1, 0.15) is 4.88 Å². The molecule has 0 saturated carbocycles. The summed E-state index contributed by atoms with van der Waals surface area (Å²) in [6.45, 7) is 0. The Kier molecular flexibility index (Phi) is 5.54. The molecular weight excluding hydrogens is 451 g/mol. The fourth-order valence-electron chi connectivity index (χ4n) is 2.29. The summed E-state index contributed by atoms with van der Waals surface area (Å²) in [4.78, 5) is 16.5. The van der Waals surface area contributed by atoms with Gasteiger partial charge >= 0.3 is 5.97 Å². The molecule has 1 heterocycles. The summed E-state index contributed by atoms with van der Waals surface area (Å²) in [6.07, 6.45) is -0.0621. The van der Waals surface area contributed by atoms with E-state index in [0.717, 1.165) is 20.6 Å². The van der Waals surface area contributed by atoms with Gasteiger partial charge in [-0.05, 0) is 71.1 Å². The molecule has 0 aliphatic heterocycles. The van der Waals surface area contributed by atoms with Gasteiger partial charge in [0.1, 0.15) is 5.75 Å². The molecule has 25 heavy (non-hydrogen) atoms. The third-order valence-electron chi connectivity index (χ3n) is 3.47. The molecule has 0 aliphatic rings. The van der Waals surface area contributed by atoms with E-state index in [1.54, 1.807) is 7.11 Å². The van der Waals surface area contributed by atoms with Gasteiger partial charge in [0.2, 0.25) is 0 Å². The van der Waals surface area contributed by atoms with E-state index in [4.69, 9.17) is 4.74 Å². The smallest absolute Gasteiger partial charge is 0.308 e. The second-order valence-electron chi connectivity index (χ2n) is 5.22. The summed E-state index contributed by atoms with van der Waals surface area (Å²) in [6, 6.07) is 15.4. The molecule has 0 bridgehead atoms. The highest BCUT2D eigenvalue weighted by Gasteiger charge is 2.16. The van der Waals surface area contributed by atoms with Crippen molar-refractivity contribution in [3.8, 4) is 17.0 Å². The molecule has 0 unspecified atom stereocenters. The molecule has 5 nitrogen and oxygen atoms in total. The van der Waals surface area contributed by atoms with Crippen molar-refractivity contribution in [2.75, 3.05) is 12.4 Å². The fraction of sp³-hybridized carbons (Fsp3) is 0.111. The Morgan fingerprint density at radius 2 is 1.88 bits per heavy atom. The first kappa shape index (κ1) is 17.7. The van der Waals surface area contributed by atoms with Crippen LogP contribution in [0.25, 0.3) is 11.3 Å². The Labute approximate surface area is 162 Å². The van der Waals surface area contributed by atoms with Gasteiger partial charge in [-0.2, -0.15) is 0 Å². The Hall–Kier alpha value is -2.13. The number of hydrogen-bond donors (Lipinski definition) is 2. The van der Waals surface area contributed by atoms with Crippen LogP contribution in [0.4, 0.5) is 10.8 Å². The van der Waals surface area contributed by atoms with Gasteiger partial charge in [-0.15, -0.1) is 11.3 Å². The van der Waals surface area contributed by atoms with E-state index in [2.05, 4.69) is 32.9 Å². The van der Waals surface area contributed by atoms with E-state index >= 15 is 0 Å². The maximum absolute atomic E-state index is 11.2. The Balaban J connectivity index is 1.93. The minimum Gasteiger partial charge on any atom is -0.497 e. The number of aliphatic carboxylic acids is 1. The van der Waals surface area contributed by atoms with Crippen LogP contribution in [-0.4, -0.2) is 23.2 Å². The second-order valence-corrected chi connectivity index (χ2v) is 7.55. The van der Waals surface area contributed by atoms with Crippen LogP contribution in [0.3, 0.4) is 0 Å². The molecule has 0 spiro atoms. The normalized spacial score (nSPS) is 10.5. The molecular formula is C18H15IN2O3S. The van der Waals surface area contributed by atoms with E-state index in [1.807, 2.05) is 48.5 Å². The standard InChI is InChI=1S/C18H15IN2O3S/c1-24-14-8-2-11(3-9-14)17-15(10-16(22)23)25-18(21-17)20-13-6-4-12(19)5-7-13/h2-9H,10H2,1H3,(H,20,21)(H,22,23). The molecule has 0 saturated heterocycles. The highest BCUT2D eigenvalue weighted by atomic mass is 127. The number of nitrogens with one attached hydrogen (secondary N) is 1. The number of carboxylic acid groups (broad SMARTS) is 1. The van der Waals surface area contributed by atoms with Crippen LogP contribution < -0.4 is 10.1 Å². The monoisotopic (exact) mass is 466 g/mol. The zero-order valence-electron chi connectivity index (χ0n) is 13.3. The van der Waals surface area contributed by atoms with Crippen LogP contribution in [-0.2, 0) is 11.2 Å². The second kappa shape index (κ2) is 7.83. The molecule has 1 aromatic heterocycles. The van der Waals surface area contributed by atoms with Crippen molar-refractivity contribution < 1.29 is 14.6 Å². The van der Waals surface area contributed by atoms with Gasteiger partial charge < -0.3 is 15.2 Å². The van der Waals surface area contributed by atoms with Crippen LogP contribution in [0.5, 0.6) is 5.75 Å². The Bertz CT molecular complexity index is 876. The van der Waals surface area contributed by atoms with E-state index in [0.29, 0.717) is 15.7 Å². The molecule has 3 rings (SSSR count). The van der Waals surface area contributed by atoms with Crippen molar-refractivity contribution in [2.45, 2.75) is 6.42 Å². The molecule has 0 amide bonds. The Morgan fingerprint density at radius 3 is 2.48 bits per heavy atom. The summed E-state index contributed by atoms with van der Waals surface area (Å²) < 4.78 is 6.31. The molecule has 0 fully saturated rings. The SMILES string of the molecule is COc1ccc(-c2nc(Nc3ccc(I)cc3)sc2CC(=O)O)cc1. The van der Waals surface area contributed by atoms with Gasteiger partial charge in [0.25, 0.3) is 0 Å². The quantitative estimate of drug-likeness (QED) is 0.511. The number of aromatic nitrogens is 1. The van der Waals surface area contributed by atoms with Crippen LogP contribution in [0.2, 0.25) is 0 Å². The first-order chi connectivity index (χ1) is 12.0. The molecule has 0 aliphatic carbocycles. The van der Waals surface area contributed by atoms with Gasteiger partial charge in [0, 0.05) is 19.7 Å². The average molecular weight is 466 g/mol. The number of benzene rings is 2. The predicted molar refractivity (Wildman–Crippen MR) is 108 cm³/mol. The maximum atomic E-state index is 11.2. The van der Waals surface area contributed by atoms with Crippen molar-refractivity contribution in [3.63, 3.8) is 0 Å². The van der Waals surface area contributed by atoms with E-state index in [1.165, 1.54) is 11.3 Å². The molecule has 2 N–H and O–H groups in total. The van der Waals surface area contributed by atoms with E-state index in [9.17, 15) is 9.90 Å². The van der Waals surface area contributed by atoms with Crippen molar-refractivity contribution in [3.05, 3.63) is 57.0 Å². The van der Waals surface area contributed by atoms with Crippen molar-refractivity contribution >= 4 is 50.7 Å². The highest BCUT2D eigenvalue weighted by Crippen LogP contribution is 2.34. The van der Waals surface area contributed by atoms with Crippen LogP contribution >= 0.6 is 33.9 Å². The van der Waals surface area contributed by atoms with Crippen molar-refractivity contribution in [1.29, 1.82) is 0 Å². The number of ether oxygens (including phenoxy) is 1. The topological polar surface area (TPSA) is 71.5 Å². The first-order valence-electron chi connectivity index (χ1n) is 7.43. The van der Waals surface area contributed by atoms with Gasteiger partial charge in [0.15, 0.2) is 5.13 Å².